The molecule has 0 aliphatic heterocycles. The van der Waals surface area contributed by atoms with E-state index >= 15 is 0 Å². The SMILES string of the molecule is CC(NC(=O)C(N)CS)C(=O)NC(Cc1c[nH]c2ccccc12)C(=O)NC(CCC(N)=O)C(=O)O. The second-order valence-corrected chi connectivity index (χ2v) is 8.41. The number of amides is 4. The number of thiol groups is 1. The highest BCUT2D eigenvalue weighted by atomic mass is 32.1. The molecule has 1 aromatic heterocycles. The number of carboxylic acid groups (broad SMARTS) is 1. The second-order valence-electron chi connectivity index (χ2n) is 8.05. The van der Waals surface area contributed by atoms with Crippen LogP contribution in [0.25, 0.3) is 10.9 Å². The van der Waals surface area contributed by atoms with Crippen molar-refractivity contribution in [2.45, 2.75) is 50.4 Å². The number of benzene rings is 1. The number of fused-ring (bicyclic) bond motifs is 1. The van der Waals surface area contributed by atoms with Crippen molar-refractivity contribution in [3.05, 3.63) is 36.0 Å². The van der Waals surface area contributed by atoms with Crippen LogP contribution in [0.15, 0.2) is 30.5 Å². The molecule has 1 aromatic carbocycles. The van der Waals surface area contributed by atoms with Gasteiger partial charge >= 0.3 is 5.97 Å². The molecule has 0 saturated heterocycles. The molecule has 0 spiro atoms. The standard InChI is InChI=1S/C22H30N6O6S/c1-11(26-20(31)14(23)10-35)19(30)28-17(8-12-9-25-15-5-3-2-4-13(12)15)21(32)27-16(22(33)34)6-7-18(24)29/h2-5,9,11,14,16-17,25,35H,6-8,10,23H2,1H3,(H2,24,29)(H,26,31)(H,27,32)(H,28,30)(H,33,34). The van der Waals surface area contributed by atoms with Gasteiger partial charge in [0.2, 0.25) is 23.6 Å². The van der Waals surface area contributed by atoms with Crippen molar-refractivity contribution in [2.75, 3.05) is 5.75 Å². The highest BCUT2D eigenvalue weighted by Gasteiger charge is 2.29. The summed E-state index contributed by atoms with van der Waals surface area (Å²) in [5, 5.41) is 17.6. The number of primary amides is 1. The van der Waals surface area contributed by atoms with E-state index in [4.69, 9.17) is 11.5 Å². The maximum absolute atomic E-state index is 13.1. The number of aromatic nitrogens is 1. The second kappa shape index (κ2) is 12.8. The summed E-state index contributed by atoms with van der Waals surface area (Å²) >= 11 is 3.95. The van der Waals surface area contributed by atoms with E-state index in [1.807, 2.05) is 24.3 Å². The number of carbonyl (C=O) groups excluding carboxylic acids is 4. The number of nitrogens with two attached hydrogens (primary N) is 2. The fourth-order valence-electron chi connectivity index (χ4n) is 3.31. The van der Waals surface area contributed by atoms with Gasteiger partial charge in [0, 0.05) is 35.7 Å². The van der Waals surface area contributed by atoms with Crippen molar-refractivity contribution < 1.29 is 29.1 Å². The summed E-state index contributed by atoms with van der Waals surface area (Å²) in [6.45, 7) is 1.42. The summed E-state index contributed by atoms with van der Waals surface area (Å²) in [6, 6.07) is 2.83. The van der Waals surface area contributed by atoms with Crippen molar-refractivity contribution in [3.8, 4) is 0 Å². The summed E-state index contributed by atoms with van der Waals surface area (Å²) in [6.07, 6.45) is 1.26. The summed E-state index contributed by atoms with van der Waals surface area (Å²) in [5.41, 5.74) is 12.2. The molecule has 4 atom stereocenters. The fourth-order valence-corrected chi connectivity index (χ4v) is 3.48. The first-order valence-electron chi connectivity index (χ1n) is 10.9. The maximum atomic E-state index is 13.1. The largest absolute Gasteiger partial charge is 0.480 e. The molecule has 0 aliphatic carbocycles. The van der Waals surface area contributed by atoms with Gasteiger partial charge in [-0.25, -0.2) is 4.79 Å². The van der Waals surface area contributed by atoms with E-state index in [2.05, 4.69) is 33.6 Å². The molecule has 1 heterocycles. The van der Waals surface area contributed by atoms with Gasteiger partial charge in [0.15, 0.2) is 0 Å². The zero-order valence-electron chi connectivity index (χ0n) is 19.1. The van der Waals surface area contributed by atoms with Crippen LogP contribution in [-0.2, 0) is 30.4 Å². The third-order valence-electron chi connectivity index (χ3n) is 5.31. The van der Waals surface area contributed by atoms with Crippen LogP contribution in [0.5, 0.6) is 0 Å². The first kappa shape index (κ1) is 27.7. The lowest BCUT2D eigenvalue weighted by atomic mass is 10.0. The molecular weight excluding hydrogens is 476 g/mol. The minimum atomic E-state index is -1.39. The Kier molecular flexibility index (Phi) is 10.1. The molecule has 0 radical (unpaired) electrons. The topological polar surface area (TPSA) is 209 Å². The van der Waals surface area contributed by atoms with Gasteiger partial charge in [-0.1, -0.05) is 18.2 Å². The zero-order valence-corrected chi connectivity index (χ0v) is 20.0. The Bertz CT molecular complexity index is 1090. The average Bonchev–Trinajstić information content (AvgIpc) is 3.22. The van der Waals surface area contributed by atoms with Gasteiger partial charge in [0.1, 0.15) is 18.1 Å². The van der Waals surface area contributed by atoms with Gasteiger partial charge < -0.3 is 37.5 Å². The molecule has 0 fully saturated rings. The number of hydrogen-bond donors (Lipinski definition) is 8. The van der Waals surface area contributed by atoms with Crippen LogP contribution in [0.1, 0.15) is 25.3 Å². The quantitative estimate of drug-likeness (QED) is 0.155. The molecule has 0 bridgehead atoms. The van der Waals surface area contributed by atoms with E-state index in [1.165, 1.54) is 6.92 Å². The molecule has 12 nitrogen and oxygen atoms in total. The molecule has 9 N–H and O–H groups in total. The Morgan fingerprint density at radius 1 is 1.03 bits per heavy atom. The molecule has 35 heavy (non-hydrogen) atoms. The summed E-state index contributed by atoms with van der Waals surface area (Å²) < 4.78 is 0. The van der Waals surface area contributed by atoms with Crippen LogP contribution in [0, 0.1) is 0 Å². The van der Waals surface area contributed by atoms with E-state index in [9.17, 15) is 29.1 Å². The summed E-state index contributed by atoms with van der Waals surface area (Å²) in [7, 11) is 0. The normalized spacial score (nSPS) is 14.4. The number of hydrogen-bond acceptors (Lipinski definition) is 7. The molecule has 4 unspecified atom stereocenters. The zero-order chi connectivity index (χ0) is 26.1. The molecule has 2 rings (SSSR count). The third kappa shape index (κ3) is 8.00. The van der Waals surface area contributed by atoms with Crippen LogP contribution in [0.3, 0.4) is 0 Å². The smallest absolute Gasteiger partial charge is 0.326 e. The van der Waals surface area contributed by atoms with Crippen molar-refractivity contribution in [1.82, 2.24) is 20.9 Å². The first-order valence-corrected chi connectivity index (χ1v) is 11.5. The Balaban J connectivity index is 2.23. The molecule has 4 amide bonds. The number of carboxylic acids is 1. The number of aromatic amines is 1. The predicted molar refractivity (Wildman–Crippen MR) is 131 cm³/mol. The van der Waals surface area contributed by atoms with Gasteiger partial charge in [0.05, 0.1) is 6.04 Å². The third-order valence-corrected chi connectivity index (χ3v) is 5.70. The van der Waals surface area contributed by atoms with Crippen LogP contribution in [0.4, 0.5) is 0 Å². The van der Waals surface area contributed by atoms with Crippen molar-refractivity contribution in [2.24, 2.45) is 11.5 Å². The number of para-hydroxylation sites is 1. The Hall–Kier alpha value is -3.58. The summed E-state index contributed by atoms with van der Waals surface area (Å²) in [5.74, 6) is -4.01. The van der Waals surface area contributed by atoms with Crippen LogP contribution >= 0.6 is 12.6 Å². The minimum Gasteiger partial charge on any atom is -0.480 e. The lowest BCUT2D eigenvalue weighted by Crippen LogP contribution is -2.57. The van der Waals surface area contributed by atoms with E-state index in [0.717, 1.165) is 10.9 Å². The highest BCUT2D eigenvalue weighted by Crippen LogP contribution is 2.19. The highest BCUT2D eigenvalue weighted by molar-refractivity contribution is 7.80. The summed E-state index contributed by atoms with van der Waals surface area (Å²) in [4.78, 5) is 63.6. The lowest BCUT2D eigenvalue weighted by molar-refractivity contribution is -0.142. The number of H-pyrrole nitrogens is 1. The van der Waals surface area contributed by atoms with E-state index in [1.54, 1.807) is 6.20 Å². The Labute approximate surface area is 207 Å². The minimum absolute atomic E-state index is 0.0283. The van der Waals surface area contributed by atoms with Gasteiger partial charge in [-0.05, 0) is 25.0 Å². The van der Waals surface area contributed by atoms with Crippen LogP contribution in [-0.4, -0.2) is 69.6 Å². The van der Waals surface area contributed by atoms with E-state index < -0.39 is 53.8 Å². The van der Waals surface area contributed by atoms with Crippen molar-refractivity contribution in [3.63, 3.8) is 0 Å². The van der Waals surface area contributed by atoms with Crippen molar-refractivity contribution in [1.29, 1.82) is 0 Å². The van der Waals surface area contributed by atoms with Gasteiger partial charge in [-0.2, -0.15) is 12.6 Å². The molecular formula is C22H30N6O6S. The number of carbonyl (C=O) groups is 5. The average molecular weight is 507 g/mol. The number of nitrogens with one attached hydrogen (secondary N) is 4. The molecule has 2 aromatic rings. The van der Waals surface area contributed by atoms with Gasteiger partial charge in [-0.15, -0.1) is 0 Å². The monoisotopic (exact) mass is 506 g/mol. The number of aliphatic carboxylic acids is 1. The lowest BCUT2D eigenvalue weighted by Gasteiger charge is -2.23. The van der Waals surface area contributed by atoms with E-state index in [0.29, 0.717) is 5.56 Å². The Morgan fingerprint density at radius 2 is 1.69 bits per heavy atom. The molecule has 0 saturated carbocycles. The Morgan fingerprint density at radius 3 is 2.31 bits per heavy atom. The van der Waals surface area contributed by atoms with Crippen LogP contribution in [0.2, 0.25) is 0 Å². The maximum Gasteiger partial charge on any atom is 0.326 e. The van der Waals surface area contributed by atoms with Gasteiger partial charge in [0.25, 0.3) is 0 Å². The molecule has 13 heteroatoms. The fraction of sp³-hybridized carbons (Fsp3) is 0.409. The van der Waals surface area contributed by atoms with Crippen molar-refractivity contribution >= 4 is 53.1 Å². The number of rotatable bonds is 13. The molecule has 0 aliphatic rings. The predicted octanol–water partition coefficient (Wildman–Crippen LogP) is -1.21. The van der Waals surface area contributed by atoms with Crippen LogP contribution < -0.4 is 27.4 Å². The first-order chi connectivity index (χ1) is 16.5. The van der Waals surface area contributed by atoms with Gasteiger partial charge in [-0.3, -0.25) is 19.2 Å². The molecule has 190 valence electrons. The van der Waals surface area contributed by atoms with E-state index in [-0.39, 0.29) is 25.0 Å².